The van der Waals surface area contributed by atoms with Crippen LogP contribution in [0.1, 0.15) is 29.5 Å². The molecule has 0 aliphatic carbocycles. The SMILES string of the molecule is CCc1ccc(NC(=O)c2ccnn2C(F)F)cc1. The number of halogens is 2. The van der Waals surface area contributed by atoms with Crippen LogP contribution in [0.3, 0.4) is 0 Å². The van der Waals surface area contributed by atoms with Crippen LogP contribution >= 0.6 is 0 Å². The van der Waals surface area contributed by atoms with E-state index in [0.29, 0.717) is 10.4 Å². The van der Waals surface area contributed by atoms with Crippen LogP contribution in [-0.2, 0) is 6.42 Å². The molecule has 6 heteroatoms. The smallest absolute Gasteiger partial charge is 0.321 e. The fourth-order valence-electron chi connectivity index (χ4n) is 1.67. The Balaban J connectivity index is 2.13. The molecular weight excluding hydrogens is 252 g/mol. The van der Waals surface area contributed by atoms with Crippen molar-refractivity contribution in [2.24, 2.45) is 0 Å². The zero-order valence-electron chi connectivity index (χ0n) is 10.3. The minimum Gasteiger partial charge on any atom is -0.321 e. The van der Waals surface area contributed by atoms with E-state index in [1.165, 1.54) is 12.3 Å². The number of aryl methyl sites for hydroxylation is 1. The van der Waals surface area contributed by atoms with Crippen LogP contribution in [0.4, 0.5) is 14.5 Å². The minimum absolute atomic E-state index is 0.172. The molecule has 0 unspecified atom stereocenters. The van der Waals surface area contributed by atoms with E-state index in [4.69, 9.17) is 0 Å². The van der Waals surface area contributed by atoms with Crippen LogP contribution in [0.15, 0.2) is 36.5 Å². The molecule has 0 aliphatic rings. The van der Waals surface area contributed by atoms with Crippen LogP contribution in [0, 0.1) is 0 Å². The third kappa shape index (κ3) is 2.96. The molecule has 0 fully saturated rings. The third-order valence-electron chi connectivity index (χ3n) is 2.71. The molecule has 2 rings (SSSR count). The number of hydrogen-bond acceptors (Lipinski definition) is 2. The van der Waals surface area contributed by atoms with Crippen LogP contribution in [0.25, 0.3) is 0 Å². The molecule has 0 atom stereocenters. The van der Waals surface area contributed by atoms with Crippen molar-refractivity contribution in [1.29, 1.82) is 0 Å². The van der Waals surface area contributed by atoms with Crippen LogP contribution < -0.4 is 5.32 Å². The highest BCUT2D eigenvalue weighted by molar-refractivity contribution is 6.03. The van der Waals surface area contributed by atoms with Crippen LogP contribution in [-0.4, -0.2) is 15.7 Å². The summed E-state index contributed by atoms with van der Waals surface area (Å²) >= 11 is 0. The molecule has 0 bridgehead atoms. The minimum atomic E-state index is -2.83. The van der Waals surface area contributed by atoms with Gasteiger partial charge in [-0.2, -0.15) is 18.6 Å². The number of alkyl halides is 2. The molecule has 1 N–H and O–H groups in total. The Morgan fingerprint density at radius 3 is 2.58 bits per heavy atom. The maximum Gasteiger partial charge on any atom is 0.333 e. The Labute approximate surface area is 109 Å². The molecule has 0 saturated heterocycles. The average Bonchev–Trinajstić information content (AvgIpc) is 2.89. The molecule has 0 radical (unpaired) electrons. The van der Waals surface area contributed by atoms with Gasteiger partial charge in [-0.05, 0) is 30.2 Å². The number of rotatable bonds is 4. The van der Waals surface area contributed by atoms with E-state index >= 15 is 0 Å². The molecule has 1 aromatic carbocycles. The van der Waals surface area contributed by atoms with E-state index in [2.05, 4.69) is 10.4 Å². The van der Waals surface area contributed by atoms with Gasteiger partial charge in [0, 0.05) is 11.9 Å². The lowest BCUT2D eigenvalue weighted by Gasteiger charge is -2.08. The normalized spacial score (nSPS) is 10.7. The van der Waals surface area contributed by atoms with Crippen LogP contribution in [0.2, 0.25) is 0 Å². The molecule has 0 saturated carbocycles. The van der Waals surface area contributed by atoms with E-state index in [1.807, 2.05) is 19.1 Å². The maximum absolute atomic E-state index is 12.6. The number of hydrogen-bond donors (Lipinski definition) is 1. The number of anilines is 1. The number of amides is 1. The summed E-state index contributed by atoms with van der Waals surface area (Å²) in [7, 11) is 0. The first-order chi connectivity index (χ1) is 9.11. The summed E-state index contributed by atoms with van der Waals surface area (Å²) in [5, 5.41) is 5.97. The summed E-state index contributed by atoms with van der Waals surface area (Å²) < 4.78 is 25.5. The summed E-state index contributed by atoms with van der Waals surface area (Å²) in [6.45, 7) is -0.812. The van der Waals surface area contributed by atoms with Crippen molar-refractivity contribution in [2.75, 3.05) is 5.32 Å². The molecule has 2 aromatic rings. The first-order valence-electron chi connectivity index (χ1n) is 5.83. The second-order valence-electron chi connectivity index (χ2n) is 3.94. The van der Waals surface area contributed by atoms with E-state index in [9.17, 15) is 13.6 Å². The Kier molecular flexibility index (Phi) is 3.89. The van der Waals surface area contributed by atoms with Crippen molar-refractivity contribution in [3.05, 3.63) is 47.8 Å². The molecule has 0 spiro atoms. The first-order valence-corrected chi connectivity index (χ1v) is 5.83. The fraction of sp³-hybridized carbons (Fsp3) is 0.231. The van der Waals surface area contributed by atoms with Crippen molar-refractivity contribution in [1.82, 2.24) is 9.78 Å². The number of carbonyl (C=O) groups excluding carboxylic acids is 1. The molecule has 0 aliphatic heterocycles. The van der Waals surface area contributed by atoms with E-state index in [0.717, 1.165) is 12.0 Å². The quantitative estimate of drug-likeness (QED) is 0.923. The third-order valence-corrected chi connectivity index (χ3v) is 2.71. The number of aromatic nitrogens is 2. The molecular formula is C13H13F2N3O. The van der Waals surface area contributed by atoms with Crippen molar-refractivity contribution >= 4 is 11.6 Å². The van der Waals surface area contributed by atoms with Crippen LogP contribution in [0.5, 0.6) is 0 Å². The number of benzene rings is 1. The van der Waals surface area contributed by atoms with E-state index in [1.54, 1.807) is 12.1 Å². The predicted octanol–water partition coefficient (Wildman–Crippen LogP) is 3.09. The van der Waals surface area contributed by atoms with Gasteiger partial charge in [-0.1, -0.05) is 19.1 Å². The van der Waals surface area contributed by atoms with Gasteiger partial charge >= 0.3 is 6.55 Å². The van der Waals surface area contributed by atoms with Gasteiger partial charge in [-0.15, -0.1) is 0 Å². The van der Waals surface area contributed by atoms with E-state index in [-0.39, 0.29) is 5.69 Å². The summed E-state index contributed by atoms with van der Waals surface area (Å²) in [5.41, 5.74) is 1.52. The lowest BCUT2D eigenvalue weighted by atomic mass is 10.1. The van der Waals surface area contributed by atoms with Crippen molar-refractivity contribution < 1.29 is 13.6 Å². The van der Waals surface area contributed by atoms with Gasteiger partial charge in [0.2, 0.25) is 0 Å². The zero-order valence-corrected chi connectivity index (χ0v) is 10.3. The Morgan fingerprint density at radius 2 is 2.00 bits per heavy atom. The summed E-state index contributed by atoms with van der Waals surface area (Å²) in [6, 6.07) is 8.47. The second kappa shape index (κ2) is 5.60. The predicted molar refractivity (Wildman–Crippen MR) is 67.3 cm³/mol. The summed E-state index contributed by atoms with van der Waals surface area (Å²) in [4.78, 5) is 11.8. The second-order valence-corrected chi connectivity index (χ2v) is 3.94. The Bertz CT molecular complexity index is 564. The van der Waals surface area contributed by atoms with Gasteiger partial charge in [0.05, 0.1) is 0 Å². The lowest BCUT2D eigenvalue weighted by Crippen LogP contribution is -2.18. The van der Waals surface area contributed by atoms with Crippen molar-refractivity contribution in [2.45, 2.75) is 19.9 Å². The van der Waals surface area contributed by atoms with Crippen molar-refractivity contribution in [3.63, 3.8) is 0 Å². The van der Waals surface area contributed by atoms with Gasteiger partial charge in [-0.25, -0.2) is 0 Å². The molecule has 1 aromatic heterocycles. The summed E-state index contributed by atoms with van der Waals surface area (Å²) in [6.07, 6.45) is 2.06. The Hall–Kier alpha value is -2.24. The highest BCUT2D eigenvalue weighted by Gasteiger charge is 2.17. The molecule has 4 nitrogen and oxygen atoms in total. The summed E-state index contributed by atoms with van der Waals surface area (Å²) in [5.74, 6) is -0.609. The highest BCUT2D eigenvalue weighted by atomic mass is 19.3. The largest absolute Gasteiger partial charge is 0.333 e. The average molecular weight is 265 g/mol. The number of nitrogens with one attached hydrogen (secondary N) is 1. The van der Waals surface area contributed by atoms with Gasteiger partial charge in [0.25, 0.3) is 5.91 Å². The Morgan fingerprint density at radius 1 is 1.32 bits per heavy atom. The molecule has 1 heterocycles. The maximum atomic E-state index is 12.6. The van der Waals surface area contributed by atoms with Crippen molar-refractivity contribution in [3.8, 4) is 0 Å². The first kappa shape index (κ1) is 13.2. The van der Waals surface area contributed by atoms with Gasteiger partial charge in [0.15, 0.2) is 0 Å². The standard InChI is InChI=1S/C13H13F2N3O/c1-2-9-3-5-10(6-4-9)17-12(19)11-7-8-16-18(11)13(14)15/h3-8,13H,2H2,1H3,(H,17,19). The van der Waals surface area contributed by atoms with Gasteiger partial charge in [0.1, 0.15) is 5.69 Å². The molecule has 1 amide bonds. The molecule has 19 heavy (non-hydrogen) atoms. The molecule has 100 valence electrons. The van der Waals surface area contributed by atoms with E-state index < -0.39 is 12.5 Å². The number of nitrogens with zero attached hydrogens (tertiary/aromatic N) is 2. The lowest BCUT2D eigenvalue weighted by molar-refractivity contribution is 0.0520. The van der Waals surface area contributed by atoms with Gasteiger partial charge in [-0.3, -0.25) is 4.79 Å². The van der Waals surface area contributed by atoms with Gasteiger partial charge < -0.3 is 5.32 Å². The number of carbonyl (C=O) groups is 1. The monoisotopic (exact) mass is 265 g/mol. The fourth-order valence-corrected chi connectivity index (χ4v) is 1.67. The topological polar surface area (TPSA) is 46.9 Å². The zero-order chi connectivity index (χ0) is 13.8. The highest BCUT2D eigenvalue weighted by Crippen LogP contribution is 2.15.